The van der Waals surface area contributed by atoms with Crippen LogP contribution in [0, 0.1) is 0 Å². The molecule has 0 aromatic heterocycles. The average Bonchev–Trinajstić information content (AvgIpc) is 3.03. The number of rotatable bonds is 11. The van der Waals surface area contributed by atoms with Gasteiger partial charge in [0.1, 0.15) is 5.75 Å². The lowest BCUT2D eigenvalue weighted by molar-refractivity contribution is -0.117. The van der Waals surface area contributed by atoms with Crippen molar-refractivity contribution in [3.05, 3.63) is 120 Å². The zero-order valence-corrected chi connectivity index (χ0v) is 24.0. The minimum absolute atomic E-state index is 0.0959. The van der Waals surface area contributed by atoms with E-state index < -0.39 is 0 Å². The van der Waals surface area contributed by atoms with E-state index in [0.29, 0.717) is 12.1 Å². The van der Waals surface area contributed by atoms with Gasteiger partial charge in [-0.05, 0) is 66.1 Å². The Labute approximate surface area is 248 Å². The molecule has 2 N–H and O–H groups in total. The van der Waals surface area contributed by atoms with Crippen LogP contribution < -0.4 is 20.3 Å². The summed E-state index contributed by atoms with van der Waals surface area (Å²) in [6.45, 7) is 3.78. The second-order valence-electron chi connectivity index (χ2n) is 10.5. The van der Waals surface area contributed by atoms with Gasteiger partial charge >= 0.3 is 0 Å². The molecule has 2 amide bonds. The number of carbonyl (C=O) groups excluding carboxylic acids is 2. The first kappa shape index (κ1) is 28.9. The first-order valence-electron chi connectivity index (χ1n) is 14.5. The summed E-state index contributed by atoms with van der Waals surface area (Å²) in [6.07, 6.45) is 1.03. The Hall–Kier alpha value is -4.62. The van der Waals surface area contributed by atoms with Crippen LogP contribution in [0.3, 0.4) is 0 Å². The van der Waals surface area contributed by atoms with Gasteiger partial charge in [-0.3, -0.25) is 14.5 Å². The van der Waals surface area contributed by atoms with Crippen LogP contribution in [0.15, 0.2) is 109 Å². The number of ether oxygens (including phenoxy) is 1. The highest BCUT2D eigenvalue weighted by Crippen LogP contribution is 2.30. The van der Waals surface area contributed by atoms with E-state index >= 15 is 0 Å². The highest BCUT2D eigenvalue weighted by atomic mass is 16.5. The largest absolute Gasteiger partial charge is 0.497 e. The molecule has 1 aliphatic heterocycles. The standard InChI is InChI=1S/C35H38N4O3/c1-42-32-21-17-30(18-22-32)37-34(41)14-8-13-33(40)36-29-15-19-31(20-16-29)38-23-25-39(26-24-38)35(27-9-4-2-5-10-27)28-11-6-3-7-12-28/h2-7,9-12,15-22,35H,8,13-14,23-26H2,1H3,(H,36,40)(H,37,41). The van der Waals surface area contributed by atoms with Crippen LogP contribution in [0.4, 0.5) is 17.1 Å². The van der Waals surface area contributed by atoms with Crippen molar-refractivity contribution < 1.29 is 14.3 Å². The summed E-state index contributed by atoms with van der Waals surface area (Å²) in [7, 11) is 1.60. The molecule has 7 nitrogen and oxygen atoms in total. The van der Waals surface area contributed by atoms with Crippen molar-refractivity contribution >= 4 is 28.9 Å². The van der Waals surface area contributed by atoms with Gasteiger partial charge in [-0.1, -0.05) is 60.7 Å². The number of piperazine rings is 1. The number of nitrogens with zero attached hydrogens (tertiary/aromatic N) is 2. The molecule has 0 bridgehead atoms. The Bertz CT molecular complexity index is 1380. The fourth-order valence-corrected chi connectivity index (χ4v) is 5.41. The number of hydrogen-bond donors (Lipinski definition) is 2. The lowest BCUT2D eigenvalue weighted by Crippen LogP contribution is -2.48. The Morgan fingerprint density at radius 2 is 1.14 bits per heavy atom. The SMILES string of the molecule is COc1ccc(NC(=O)CCCC(=O)Nc2ccc(N3CCN(C(c4ccccc4)c4ccccc4)CC3)cc2)cc1. The van der Waals surface area contributed by atoms with Crippen molar-refractivity contribution in [2.45, 2.75) is 25.3 Å². The molecule has 7 heteroatoms. The number of benzene rings is 4. The van der Waals surface area contributed by atoms with E-state index in [9.17, 15) is 9.59 Å². The second kappa shape index (κ2) is 14.3. The summed E-state index contributed by atoms with van der Waals surface area (Å²) in [4.78, 5) is 29.6. The maximum absolute atomic E-state index is 12.5. The van der Waals surface area contributed by atoms with Crippen molar-refractivity contribution in [1.29, 1.82) is 0 Å². The van der Waals surface area contributed by atoms with Gasteiger partial charge in [0.15, 0.2) is 0 Å². The Kier molecular flexibility index (Phi) is 9.86. The van der Waals surface area contributed by atoms with Crippen LogP contribution in [0.2, 0.25) is 0 Å². The van der Waals surface area contributed by atoms with E-state index in [2.05, 4.69) is 93.2 Å². The first-order chi connectivity index (χ1) is 20.6. The summed E-state index contributed by atoms with van der Waals surface area (Å²) in [5.41, 5.74) is 5.25. The molecular formula is C35H38N4O3. The van der Waals surface area contributed by atoms with E-state index in [4.69, 9.17) is 4.74 Å². The van der Waals surface area contributed by atoms with Gasteiger partial charge < -0.3 is 20.3 Å². The molecule has 1 aliphatic rings. The topological polar surface area (TPSA) is 73.9 Å². The van der Waals surface area contributed by atoms with E-state index in [-0.39, 0.29) is 30.7 Å². The first-order valence-corrected chi connectivity index (χ1v) is 14.5. The fourth-order valence-electron chi connectivity index (χ4n) is 5.41. The molecule has 0 aliphatic carbocycles. The molecule has 42 heavy (non-hydrogen) atoms. The van der Waals surface area contributed by atoms with Crippen LogP contribution in [0.1, 0.15) is 36.4 Å². The highest BCUT2D eigenvalue weighted by Gasteiger charge is 2.26. The summed E-state index contributed by atoms with van der Waals surface area (Å²) in [6, 6.07) is 36.9. The molecule has 0 unspecified atom stereocenters. The van der Waals surface area contributed by atoms with Gasteiger partial charge in [0.25, 0.3) is 0 Å². The molecule has 1 heterocycles. The molecule has 4 aromatic carbocycles. The van der Waals surface area contributed by atoms with E-state index in [1.807, 2.05) is 12.1 Å². The molecule has 4 aromatic rings. The van der Waals surface area contributed by atoms with Gasteiger partial charge in [-0.15, -0.1) is 0 Å². The molecule has 1 saturated heterocycles. The third-order valence-electron chi connectivity index (χ3n) is 7.61. The van der Waals surface area contributed by atoms with Gasteiger partial charge in [0.05, 0.1) is 13.2 Å². The molecule has 0 spiro atoms. The minimum Gasteiger partial charge on any atom is -0.497 e. The third-order valence-corrected chi connectivity index (χ3v) is 7.61. The highest BCUT2D eigenvalue weighted by molar-refractivity contribution is 5.93. The molecule has 0 atom stereocenters. The molecule has 0 radical (unpaired) electrons. The smallest absolute Gasteiger partial charge is 0.224 e. The molecule has 1 fully saturated rings. The molecule has 5 rings (SSSR count). The number of anilines is 3. The van der Waals surface area contributed by atoms with Gasteiger partial charge in [-0.2, -0.15) is 0 Å². The predicted octanol–water partition coefficient (Wildman–Crippen LogP) is 6.35. The second-order valence-corrected chi connectivity index (χ2v) is 10.5. The number of methoxy groups -OCH3 is 1. The molecule has 0 saturated carbocycles. The Morgan fingerprint density at radius 3 is 1.62 bits per heavy atom. The summed E-state index contributed by atoms with van der Waals surface area (Å²) in [5, 5.41) is 5.80. The van der Waals surface area contributed by atoms with E-state index in [1.165, 1.54) is 11.1 Å². The minimum atomic E-state index is -0.115. The summed E-state index contributed by atoms with van der Waals surface area (Å²) >= 11 is 0. The van der Waals surface area contributed by atoms with Crippen molar-refractivity contribution in [1.82, 2.24) is 4.90 Å². The van der Waals surface area contributed by atoms with Crippen LogP contribution in [-0.4, -0.2) is 50.0 Å². The van der Waals surface area contributed by atoms with Crippen LogP contribution in [-0.2, 0) is 9.59 Å². The van der Waals surface area contributed by atoms with Crippen molar-refractivity contribution in [2.75, 3.05) is 48.8 Å². The Balaban J connectivity index is 1.08. The normalized spacial score (nSPS) is 13.5. The Morgan fingerprint density at radius 1 is 0.667 bits per heavy atom. The monoisotopic (exact) mass is 562 g/mol. The van der Waals surface area contributed by atoms with Crippen LogP contribution in [0.25, 0.3) is 0 Å². The zero-order chi connectivity index (χ0) is 29.1. The predicted molar refractivity (Wildman–Crippen MR) is 169 cm³/mol. The van der Waals surface area contributed by atoms with Crippen LogP contribution in [0.5, 0.6) is 5.75 Å². The summed E-state index contributed by atoms with van der Waals surface area (Å²) < 4.78 is 5.13. The van der Waals surface area contributed by atoms with Gasteiger partial charge in [0.2, 0.25) is 11.8 Å². The number of hydrogen-bond acceptors (Lipinski definition) is 5. The summed E-state index contributed by atoms with van der Waals surface area (Å²) in [5.74, 6) is 0.522. The van der Waals surface area contributed by atoms with Crippen molar-refractivity contribution in [2.24, 2.45) is 0 Å². The maximum atomic E-state index is 12.5. The number of carbonyl (C=O) groups is 2. The molecular weight excluding hydrogens is 524 g/mol. The maximum Gasteiger partial charge on any atom is 0.224 e. The quantitative estimate of drug-likeness (QED) is 0.223. The molecule has 216 valence electrons. The number of amides is 2. The van der Waals surface area contributed by atoms with Crippen molar-refractivity contribution in [3.63, 3.8) is 0 Å². The van der Waals surface area contributed by atoms with E-state index in [0.717, 1.165) is 43.3 Å². The van der Waals surface area contributed by atoms with E-state index in [1.54, 1.807) is 31.4 Å². The zero-order valence-electron chi connectivity index (χ0n) is 24.0. The van der Waals surface area contributed by atoms with Gasteiger partial charge in [0, 0.05) is 56.1 Å². The third kappa shape index (κ3) is 7.77. The van der Waals surface area contributed by atoms with Crippen LogP contribution >= 0.6 is 0 Å². The van der Waals surface area contributed by atoms with Gasteiger partial charge in [-0.25, -0.2) is 0 Å². The number of nitrogens with one attached hydrogen (secondary N) is 2. The lowest BCUT2D eigenvalue weighted by atomic mass is 9.96. The van der Waals surface area contributed by atoms with Crippen molar-refractivity contribution in [3.8, 4) is 5.75 Å². The average molecular weight is 563 g/mol. The lowest BCUT2D eigenvalue weighted by Gasteiger charge is -2.40. The fraction of sp³-hybridized carbons (Fsp3) is 0.257.